The van der Waals surface area contributed by atoms with Crippen LogP contribution < -0.4 is 4.74 Å². The van der Waals surface area contributed by atoms with Gasteiger partial charge in [-0.3, -0.25) is 10.1 Å². The predicted octanol–water partition coefficient (Wildman–Crippen LogP) is 3.18. The van der Waals surface area contributed by atoms with Crippen molar-refractivity contribution in [2.24, 2.45) is 5.16 Å². The lowest BCUT2D eigenvalue weighted by Gasteiger charge is -2.02. The van der Waals surface area contributed by atoms with Crippen LogP contribution in [0.1, 0.15) is 22.8 Å². The molecule has 118 valence electrons. The first-order valence-electron chi connectivity index (χ1n) is 6.82. The van der Waals surface area contributed by atoms with Gasteiger partial charge in [-0.05, 0) is 42.8 Å². The number of carbonyl (C=O) groups excluding carboxylic acids is 1. The summed E-state index contributed by atoms with van der Waals surface area (Å²) in [5.41, 5.74) is 0.596. The summed E-state index contributed by atoms with van der Waals surface area (Å²) in [5, 5.41) is 14.2. The van der Waals surface area contributed by atoms with Crippen molar-refractivity contribution in [3.63, 3.8) is 0 Å². The first-order valence-corrected chi connectivity index (χ1v) is 6.82. The Kier molecular flexibility index (Phi) is 5.40. The molecule has 0 N–H and O–H groups in total. The minimum absolute atomic E-state index is 0.0584. The second-order valence-corrected chi connectivity index (χ2v) is 4.42. The van der Waals surface area contributed by atoms with E-state index in [1.54, 1.807) is 24.3 Å². The Labute approximate surface area is 132 Å². The van der Waals surface area contributed by atoms with Crippen LogP contribution in [0.4, 0.5) is 5.69 Å². The summed E-state index contributed by atoms with van der Waals surface area (Å²) in [4.78, 5) is 26.6. The maximum absolute atomic E-state index is 11.8. The van der Waals surface area contributed by atoms with Crippen LogP contribution in [0.15, 0.2) is 53.7 Å². The number of nitro groups is 1. The van der Waals surface area contributed by atoms with Crippen molar-refractivity contribution in [1.29, 1.82) is 0 Å². The summed E-state index contributed by atoms with van der Waals surface area (Å²) in [7, 11) is 0. The SMILES string of the molecule is CCOc1ccc(/C=N\OC(=O)c2cccc([N+](=O)[O-])c2)cc1. The lowest BCUT2D eigenvalue weighted by atomic mass is 10.2. The number of nitrogens with zero attached hydrogens (tertiary/aromatic N) is 2. The number of non-ortho nitro benzene ring substituents is 1. The van der Waals surface area contributed by atoms with Crippen molar-refractivity contribution in [2.75, 3.05) is 6.61 Å². The van der Waals surface area contributed by atoms with Crippen LogP contribution in [-0.2, 0) is 4.84 Å². The number of nitro benzene ring substituents is 1. The lowest BCUT2D eigenvalue weighted by molar-refractivity contribution is -0.384. The van der Waals surface area contributed by atoms with Gasteiger partial charge in [-0.15, -0.1) is 0 Å². The molecule has 0 atom stereocenters. The maximum Gasteiger partial charge on any atom is 0.365 e. The van der Waals surface area contributed by atoms with Crippen molar-refractivity contribution in [3.05, 3.63) is 69.8 Å². The molecule has 7 heteroatoms. The first kappa shape index (κ1) is 16.2. The van der Waals surface area contributed by atoms with Crippen molar-refractivity contribution >= 4 is 17.9 Å². The lowest BCUT2D eigenvalue weighted by Crippen LogP contribution is -2.02. The van der Waals surface area contributed by atoms with Gasteiger partial charge in [0.1, 0.15) is 5.75 Å². The Morgan fingerprint density at radius 2 is 2.00 bits per heavy atom. The zero-order valence-corrected chi connectivity index (χ0v) is 12.3. The molecule has 2 aromatic carbocycles. The van der Waals surface area contributed by atoms with Crippen LogP contribution in [0.5, 0.6) is 5.75 Å². The minimum atomic E-state index is -0.768. The normalized spacial score (nSPS) is 10.5. The summed E-state index contributed by atoms with van der Waals surface area (Å²) >= 11 is 0. The molecule has 23 heavy (non-hydrogen) atoms. The fraction of sp³-hybridized carbons (Fsp3) is 0.125. The van der Waals surface area contributed by atoms with Gasteiger partial charge < -0.3 is 9.57 Å². The van der Waals surface area contributed by atoms with E-state index in [1.165, 1.54) is 24.4 Å². The quantitative estimate of drug-likeness (QED) is 0.353. The Balaban J connectivity index is 1.98. The average Bonchev–Trinajstić information content (AvgIpc) is 2.56. The van der Waals surface area contributed by atoms with E-state index in [0.29, 0.717) is 6.61 Å². The summed E-state index contributed by atoms with van der Waals surface area (Å²) < 4.78 is 5.31. The summed E-state index contributed by atoms with van der Waals surface area (Å²) in [6.45, 7) is 2.47. The maximum atomic E-state index is 11.8. The Morgan fingerprint density at radius 1 is 1.26 bits per heavy atom. The Morgan fingerprint density at radius 3 is 2.65 bits per heavy atom. The molecule has 0 spiro atoms. The minimum Gasteiger partial charge on any atom is -0.494 e. The van der Waals surface area contributed by atoms with Gasteiger partial charge in [0.15, 0.2) is 0 Å². The largest absolute Gasteiger partial charge is 0.494 e. The second kappa shape index (κ2) is 7.69. The number of hydrogen-bond acceptors (Lipinski definition) is 6. The number of ether oxygens (including phenoxy) is 1. The van der Waals surface area contributed by atoms with Gasteiger partial charge in [0.25, 0.3) is 5.69 Å². The van der Waals surface area contributed by atoms with Crippen LogP contribution in [0.3, 0.4) is 0 Å². The molecule has 7 nitrogen and oxygen atoms in total. The van der Waals surface area contributed by atoms with E-state index < -0.39 is 10.9 Å². The average molecular weight is 314 g/mol. The van der Waals surface area contributed by atoms with E-state index in [2.05, 4.69) is 5.16 Å². The highest BCUT2D eigenvalue weighted by molar-refractivity contribution is 5.90. The van der Waals surface area contributed by atoms with Crippen LogP contribution >= 0.6 is 0 Å². The van der Waals surface area contributed by atoms with Gasteiger partial charge in [-0.1, -0.05) is 11.2 Å². The number of rotatable bonds is 6. The molecule has 0 aliphatic heterocycles. The van der Waals surface area contributed by atoms with E-state index in [9.17, 15) is 14.9 Å². The highest BCUT2D eigenvalue weighted by Gasteiger charge is 2.12. The molecule has 2 rings (SSSR count). The third kappa shape index (κ3) is 4.63. The predicted molar refractivity (Wildman–Crippen MR) is 83.7 cm³/mol. The van der Waals surface area contributed by atoms with Gasteiger partial charge in [-0.2, -0.15) is 0 Å². The smallest absolute Gasteiger partial charge is 0.365 e. The molecule has 0 amide bonds. The Hall–Kier alpha value is -3.22. The van der Waals surface area contributed by atoms with Gasteiger partial charge in [0.05, 0.1) is 23.3 Å². The fourth-order valence-corrected chi connectivity index (χ4v) is 1.75. The molecule has 0 heterocycles. The summed E-state index contributed by atoms with van der Waals surface area (Å²) in [6.07, 6.45) is 1.37. The molecule has 2 aromatic rings. The van der Waals surface area contributed by atoms with Gasteiger partial charge in [-0.25, -0.2) is 4.79 Å². The molecular formula is C16H14N2O5. The fourth-order valence-electron chi connectivity index (χ4n) is 1.75. The van der Waals surface area contributed by atoms with Gasteiger partial charge in [0, 0.05) is 12.1 Å². The molecule has 0 saturated heterocycles. The standard InChI is InChI=1S/C16H14N2O5/c1-2-22-15-8-6-12(7-9-15)11-17-23-16(19)13-4-3-5-14(10-13)18(20)21/h3-11H,2H2,1H3/b17-11-. The van der Waals surface area contributed by atoms with E-state index in [-0.39, 0.29) is 11.3 Å². The van der Waals surface area contributed by atoms with Crippen LogP contribution in [0, 0.1) is 10.1 Å². The molecule has 0 aliphatic carbocycles. The molecule has 0 aliphatic rings. The van der Waals surface area contributed by atoms with E-state index in [0.717, 1.165) is 17.4 Å². The first-order chi connectivity index (χ1) is 11.1. The van der Waals surface area contributed by atoms with E-state index in [1.807, 2.05) is 6.92 Å². The van der Waals surface area contributed by atoms with Crippen molar-refractivity contribution in [2.45, 2.75) is 6.92 Å². The zero-order valence-electron chi connectivity index (χ0n) is 12.3. The number of oxime groups is 1. The number of carbonyl (C=O) groups is 1. The second-order valence-electron chi connectivity index (χ2n) is 4.42. The van der Waals surface area contributed by atoms with Crippen molar-refractivity contribution in [3.8, 4) is 5.75 Å². The summed E-state index contributed by atoms with van der Waals surface area (Å²) in [6, 6.07) is 12.3. The van der Waals surface area contributed by atoms with Crippen LogP contribution in [0.25, 0.3) is 0 Å². The van der Waals surface area contributed by atoms with E-state index >= 15 is 0 Å². The van der Waals surface area contributed by atoms with Crippen LogP contribution in [-0.4, -0.2) is 23.7 Å². The third-order valence-corrected chi connectivity index (χ3v) is 2.82. The molecule has 0 saturated carbocycles. The third-order valence-electron chi connectivity index (χ3n) is 2.82. The Bertz CT molecular complexity index is 726. The number of hydrogen-bond donors (Lipinski definition) is 0. The van der Waals surface area contributed by atoms with Crippen LogP contribution in [0.2, 0.25) is 0 Å². The van der Waals surface area contributed by atoms with Gasteiger partial charge >= 0.3 is 5.97 Å². The molecule has 0 bridgehead atoms. The number of benzene rings is 2. The summed E-state index contributed by atoms with van der Waals surface area (Å²) in [5.74, 6) is -0.0332. The zero-order chi connectivity index (χ0) is 16.7. The molecule has 0 radical (unpaired) electrons. The van der Waals surface area contributed by atoms with E-state index in [4.69, 9.17) is 9.57 Å². The molecular weight excluding hydrogens is 300 g/mol. The van der Waals surface area contributed by atoms with Crippen molar-refractivity contribution in [1.82, 2.24) is 0 Å². The van der Waals surface area contributed by atoms with Crippen molar-refractivity contribution < 1.29 is 19.3 Å². The molecule has 0 fully saturated rings. The highest BCUT2D eigenvalue weighted by Crippen LogP contribution is 2.14. The monoisotopic (exact) mass is 314 g/mol. The highest BCUT2D eigenvalue weighted by atomic mass is 16.7. The molecule has 0 aromatic heterocycles. The molecule has 0 unspecified atom stereocenters. The topological polar surface area (TPSA) is 91.0 Å². The van der Waals surface area contributed by atoms with Gasteiger partial charge in [0.2, 0.25) is 0 Å².